The van der Waals surface area contributed by atoms with E-state index in [-0.39, 0.29) is 13.1 Å². The normalized spacial score (nSPS) is 10.5. The summed E-state index contributed by atoms with van der Waals surface area (Å²) < 4.78 is 39.8. The van der Waals surface area contributed by atoms with Gasteiger partial charge < -0.3 is 16.0 Å². The third kappa shape index (κ3) is 5.18. The number of nitrogens with zero attached hydrogens (tertiary/aromatic N) is 3. The summed E-state index contributed by atoms with van der Waals surface area (Å²) >= 11 is 0. The highest BCUT2D eigenvalue weighted by molar-refractivity contribution is 5.94. The molecule has 0 radical (unpaired) electrons. The van der Waals surface area contributed by atoms with E-state index in [1.807, 2.05) is 6.07 Å². The highest BCUT2D eigenvalue weighted by Crippen LogP contribution is 2.16. The van der Waals surface area contributed by atoms with Crippen molar-refractivity contribution in [2.75, 3.05) is 23.7 Å². The van der Waals surface area contributed by atoms with Gasteiger partial charge in [0.1, 0.15) is 23.3 Å². The SMILES string of the molecule is Cc1nc(NCCNC(=O)c2ccc(F)c(F)c2F)cc(Nc2ccccn2)n1. The Morgan fingerprint density at radius 3 is 2.52 bits per heavy atom. The number of hydrogen-bond acceptors (Lipinski definition) is 6. The van der Waals surface area contributed by atoms with E-state index in [0.717, 1.165) is 6.07 Å². The van der Waals surface area contributed by atoms with E-state index >= 15 is 0 Å². The number of rotatable bonds is 7. The first-order valence-corrected chi connectivity index (χ1v) is 8.63. The van der Waals surface area contributed by atoms with Gasteiger partial charge in [-0.2, -0.15) is 0 Å². The van der Waals surface area contributed by atoms with E-state index in [2.05, 4.69) is 30.9 Å². The van der Waals surface area contributed by atoms with Crippen LogP contribution in [0.4, 0.5) is 30.6 Å². The maximum atomic E-state index is 13.6. The third-order valence-corrected chi connectivity index (χ3v) is 3.76. The molecule has 0 bridgehead atoms. The molecule has 0 unspecified atom stereocenters. The van der Waals surface area contributed by atoms with Crippen molar-refractivity contribution in [2.45, 2.75) is 6.92 Å². The second-order valence-corrected chi connectivity index (χ2v) is 5.93. The number of halogens is 3. The predicted molar refractivity (Wildman–Crippen MR) is 101 cm³/mol. The zero-order chi connectivity index (χ0) is 20.8. The molecular weight excluding hydrogens is 385 g/mol. The van der Waals surface area contributed by atoms with E-state index < -0.39 is 28.9 Å². The second kappa shape index (κ2) is 9.00. The lowest BCUT2D eigenvalue weighted by Crippen LogP contribution is -2.30. The number of aromatic nitrogens is 3. The Hall–Kier alpha value is -3.69. The summed E-state index contributed by atoms with van der Waals surface area (Å²) in [6.45, 7) is 2.09. The Balaban J connectivity index is 1.55. The quantitative estimate of drug-likeness (QED) is 0.415. The molecule has 0 atom stereocenters. The molecular formula is C19H17F3N6O. The lowest BCUT2D eigenvalue weighted by molar-refractivity contribution is 0.0950. The highest BCUT2D eigenvalue weighted by atomic mass is 19.2. The number of amides is 1. The second-order valence-electron chi connectivity index (χ2n) is 5.93. The van der Waals surface area contributed by atoms with Crippen LogP contribution in [0.1, 0.15) is 16.2 Å². The van der Waals surface area contributed by atoms with Crippen molar-refractivity contribution in [3.63, 3.8) is 0 Å². The van der Waals surface area contributed by atoms with Crippen molar-refractivity contribution >= 4 is 23.4 Å². The lowest BCUT2D eigenvalue weighted by Gasteiger charge is -2.11. The van der Waals surface area contributed by atoms with Gasteiger partial charge >= 0.3 is 0 Å². The van der Waals surface area contributed by atoms with E-state index in [1.165, 1.54) is 0 Å². The van der Waals surface area contributed by atoms with Crippen LogP contribution < -0.4 is 16.0 Å². The van der Waals surface area contributed by atoms with Crippen LogP contribution in [0.3, 0.4) is 0 Å². The molecule has 2 aromatic heterocycles. The van der Waals surface area contributed by atoms with Gasteiger partial charge in [-0.05, 0) is 31.2 Å². The standard InChI is InChI=1S/C19H17F3N6O/c1-11-26-15(10-16(27-11)28-14-4-2-3-7-23-14)24-8-9-25-19(29)12-5-6-13(20)18(22)17(12)21/h2-7,10H,8-9H2,1H3,(H,25,29)(H2,23,24,26,27,28). The smallest absolute Gasteiger partial charge is 0.254 e. The number of carbonyl (C=O) groups is 1. The summed E-state index contributed by atoms with van der Waals surface area (Å²) in [5, 5.41) is 8.48. The average Bonchev–Trinajstić information content (AvgIpc) is 2.70. The Kier molecular flexibility index (Phi) is 6.22. The molecule has 2 heterocycles. The number of nitrogens with one attached hydrogen (secondary N) is 3. The maximum absolute atomic E-state index is 13.6. The zero-order valence-electron chi connectivity index (χ0n) is 15.3. The molecule has 150 valence electrons. The first-order valence-electron chi connectivity index (χ1n) is 8.63. The van der Waals surface area contributed by atoms with Gasteiger partial charge in [-0.25, -0.2) is 28.1 Å². The monoisotopic (exact) mass is 402 g/mol. The molecule has 0 saturated heterocycles. The van der Waals surface area contributed by atoms with Gasteiger partial charge in [0.05, 0.1) is 5.56 Å². The number of carbonyl (C=O) groups excluding carboxylic acids is 1. The van der Waals surface area contributed by atoms with Crippen LogP contribution in [0.25, 0.3) is 0 Å². The van der Waals surface area contributed by atoms with Gasteiger partial charge in [0, 0.05) is 25.4 Å². The van der Waals surface area contributed by atoms with Gasteiger partial charge in [-0.15, -0.1) is 0 Å². The average molecular weight is 402 g/mol. The third-order valence-electron chi connectivity index (χ3n) is 3.76. The Bertz CT molecular complexity index is 1020. The molecule has 0 spiro atoms. The number of aryl methyl sites for hydroxylation is 1. The van der Waals surface area contributed by atoms with Crippen LogP contribution in [0.2, 0.25) is 0 Å². The predicted octanol–water partition coefficient (Wildman–Crippen LogP) is 3.18. The van der Waals surface area contributed by atoms with Crippen LogP contribution >= 0.6 is 0 Å². The van der Waals surface area contributed by atoms with Gasteiger partial charge in [-0.3, -0.25) is 4.79 Å². The minimum atomic E-state index is -1.68. The number of pyridine rings is 1. The molecule has 7 nitrogen and oxygen atoms in total. The molecule has 0 fully saturated rings. The highest BCUT2D eigenvalue weighted by Gasteiger charge is 2.18. The van der Waals surface area contributed by atoms with Crippen LogP contribution in [0.5, 0.6) is 0 Å². The van der Waals surface area contributed by atoms with E-state index in [1.54, 1.807) is 31.3 Å². The molecule has 29 heavy (non-hydrogen) atoms. The van der Waals surface area contributed by atoms with Crippen LogP contribution in [-0.2, 0) is 0 Å². The molecule has 0 aliphatic rings. The Morgan fingerprint density at radius 2 is 1.76 bits per heavy atom. The summed E-state index contributed by atoms with van der Waals surface area (Å²) in [5.74, 6) is -3.23. The van der Waals surface area contributed by atoms with Crippen molar-refractivity contribution in [1.82, 2.24) is 20.3 Å². The summed E-state index contributed by atoms with van der Waals surface area (Å²) in [4.78, 5) is 24.6. The largest absolute Gasteiger partial charge is 0.368 e. The molecule has 3 rings (SSSR count). The number of benzene rings is 1. The first kappa shape index (κ1) is 20.1. The van der Waals surface area contributed by atoms with Gasteiger partial charge in [0.15, 0.2) is 17.5 Å². The van der Waals surface area contributed by atoms with Crippen LogP contribution in [-0.4, -0.2) is 33.9 Å². The fourth-order valence-electron chi connectivity index (χ4n) is 2.45. The van der Waals surface area contributed by atoms with Crippen molar-refractivity contribution in [3.05, 3.63) is 71.4 Å². The van der Waals surface area contributed by atoms with Gasteiger partial charge in [0.2, 0.25) is 0 Å². The van der Waals surface area contributed by atoms with Crippen LogP contribution in [0.15, 0.2) is 42.6 Å². The minimum Gasteiger partial charge on any atom is -0.368 e. The number of anilines is 3. The maximum Gasteiger partial charge on any atom is 0.254 e. The van der Waals surface area contributed by atoms with E-state index in [0.29, 0.717) is 29.3 Å². The summed E-state index contributed by atoms with van der Waals surface area (Å²) in [6.07, 6.45) is 1.65. The molecule has 1 amide bonds. The molecule has 0 aliphatic carbocycles. The van der Waals surface area contributed by atoms with E-state index in [4.69, 9.17) is 0 Å². The van der Waals surface area contributed by atoms with Gasteiger partial charge in [-0.1, -0.05) is 6.07 Å². The molecule has 3 N–H and O–H groups in total. The molecule has 1 aromatic carbocycles. The van der Waals surface area contributed by atoms with Crippen molar-refractivity contribution in [3.8, 4) is 0 Å². The minimum absolute atomic E-state index is 0.101. The van der Waals surface area contributed by atoms with Crippen molar-refractivity contribution in [1.29, 1.82) is 0 Å². The molecule has 0 saturated carbocycles. The molecule has 0 aliphatic heterocycles. The number of hydrogen-bond donors (Lipinski definition) is 3. The van der Waals surface area contributed by atoms with Crippen molar-refractivity contribution in [2.24, 2.45) is 0 Å². The van der Waals surface area contributed by atoms with Crippen molar-refractivity contribution < 1.29 is 18.0 Å². The molecule has 3 aromatic rings. The summed E-state index contributed by atoms with van der Waals surface area (Å²) in [5.41, 5.74) is -0.566. The van der Waals surface area contributed by atoms with Gasteiger partial charge in [0.25, 0.3) is 5.91 Å². The Morgan fingerprint density at radius 1 is 0.966 bits per heavy atom. The topological polar surface area (TPSA) is 91.8 Å². The fourth-order valence-corrected chi connectivity index (χ4v) is 2.45. The Labute approximate surface area is 164 Å². The van der Waals surface area contributed by atoms with Crippen LogP contribution in [0, 0.1) is 24.4 Å². The first-order chi connectivity index (χ1) is 13.9. The lowest BCUT2D eigenvalue weighted by atomic mass is 10.2. The fraction of sp³-hybridized carbons (Fsp3) is 0.158. The van der Waals surface area contributed by atoms with E-state index in [9.17, 15) is 18.0 Å². The zero-order valence-corrected chi connectivity index (χ0v) is 15.3. The molecule has 10 heteroatoms. The summed E-state index contributed by atoms with van der Waals surface area (Å²) in [6, 6.07) is 8.67. The summed E-state index contributed by atoms with van der Waals surface area (Å²) in [7, 11) is 0.